The van der Waals surface area contributed by atoms with Gasteiger partial charge >= 0.3 is 0 Å². The highest BCUT2D eigenvalue weighted by Gasteiger charge is 2.22. The van der Waals surface area contributed by atoms with Crippen LogP contribution >= 0.6 is 0 Å². The summed E-state index contributed by atoms with van der Waals surface area (Å²) in [7, 11) is 0. The predicted molar refractivity (Wildman–Crippen MR) is 87.7 cm³/mol. The van der Waals surface area contributed by atoms with Crippen LogP contribution < -0.4 is 0 Å². The van der Waals surface area contributed by atoms with Crippen molar-refractivity contribution in [3.8, 4) is 0 Å². The van der Waals surface area contributed by atoms with Gasteiger partial charge < -0.3 is 0 Å². The molecule has 0 fully saturated rings. The van der Waals surface area contributed by atoms with Gasteiger partial charge in [0.25, 0.3) is 0 Å². The van der Waals surface area contributed by atoms with E-state index in [4.69, 9.17) is 4.98 Å². The van der Waals surface area contributed by atoms with E-state index in [1.807, 2.05) is 61.7 Å². The number of aryl methyl sites for hydroxylation is 1. The Morgan fingerprint density at radius 3 is 2.77 bits per heavy atom. The lowest BCUT2D eigenvalue weighted by molar-refractivity contribution is 0.882. The minimum atomic E-state index is -0.0819. The van der Waals surface area contributed by atoms with Crippen LogP contribution in [0.25, 0.3) is 16.6 Å². The molecule has 0 aromatic carbocycles. The summed E-state index contributed by atoms with van der Waals surface area (Å²) in [6, 6.07) is 13.8. The highest BCUT2D eigenvalue weighted by molar-refractivity contribution is 5.92. The number of fused-ring (bicyclic) bond motifs is 1. The molecule has 1 atom stereocenters. The number of hydrogen-bond donors (Lipinski definition) is 0. The van der Waals surface area contributed by atoms with Crippen molar-refractivity contribution in [2.45, 2.75) is 13.0 Å². The summed E-state index contributed by atoms with van der Waals surface area (Å²) in [6.07, 6.45) is 5.62. The second-order valence-electron chi connectivity index (χ2n) is 5.26. The van der Waals surface area contributed by atoms with Gasteiger partial charge in [0.1, 0.15) is 6.04 Å². The van der Waals surface area contributed by atoms with Gasteiger partial charge in [-0.25, -0.2) is 4.98 Å². The van der Waals surface area contributed by atoms with Crippen molar-refractivity contribution in [1.82, 2.24) is 15.0 Å². The van der Waals surface area contributed by atoms with Gasteiger partial charge in [0.15, 0.2) is 0 Å². The Morgan fingerprint density at radius 2 is 1.86 bits per heavy atom. The first-order valence-corrected chi connectivity index (χ1v) is 7.20. The molecule has 1 aliphatic heterocycles. The van der Waals surface area contributed by atoms with E-state index in [1.54, 1.807) is 6.20 Å². The Morgan fingerprint density at radius 1 is 0.909 bits per heavy atom. The van der Waals surface area contributed by atoms with E-state index < -0.39 is 0 Å². The van der Waals surface area contributed by atoms with E-state index >= 15 is 0 Å². The number of allylic oxidation sites excluding steroid dienone is 1. The van der Waals surface area contributed by atoms with Gasteiger partial charge in [-0.3, -0.25) is 15.0 Å². The molecule has 1 unspecified atom stereocenters. The third-order valence-corrected chi connectivity index (χ3v) is 3.73. The van der Waals surface area contributed by atoms with Gasteiger partial charge in [0.2, 0.25) is 0 Å². The fourth-order valence-corrected chi connectivity index (χ4v) is 2.68. The molecule has 0 bridgehead atoms. The number of pyridine rings is 3. The third-order valence-electron chi connectivity index (χ3n) is 3.73. The zero-order valence-corrected chi connectivity index (χ0v) is 12.1. The minimum Gasteiger partial charge on any atom is -0.279 e. The molecule has 4 heteroatoms. The van der Waals surface area contributed by atoms with Crippen LogP contribution in [-0.4, -0.2) is 21.2 Å². The first-order chi connectivity index (χ1) is 10.8. The fourth-order valence-electron chi connectivity index (χ4n) is 2.68. The maximum absolute atomic E-state index is 4.72. The lowest BCUT2D eigenvalue weighted by Crippen LogP contribution is -2.02. The maximum Gasteiger partial charge on any atom is 0.119 e. The third kappa shape index (κ3) is 2.19. The Bertz CT molecular complexity index is 912. The molecule has 0 aliphatic carbocycles. The number of nitrogens with zero attached hydrogens (tertiary/aromatic N) is 4. The monoisotopic (exact) mass is 286 g/mol. The quantitative estimate of drug-likeness (QED) is 0.724. The van der Waals surface area contributed by atoms with Gasteiger partial charge in [-0.1, -0.05) is 6.07 Å². The first kappa shape index (κ1) is 12.8. The highest BCUT2D eigenvalue weighted by Crippen LogP contribution is 2.34. The molecule has 0 amide bonds. The van der Waals surface area contributed by atoms with Gasteiger partial charge in [-0.2, -0.15) is 0 Å². The van der Waals surface area contributed by atoms with Crippen LogP contribution in [0, 0.1) is 6.92 Å². The number of aliphatic imine (C=N–C) groups is 1. The largest absolute Gasteiger partial charge is 0.279 e. The SMILES string of the molecule is Cc1cccc(C2N=CC=C2c2ccc3ncccc3n2)n1. The second-order valence-corrected chi connectivity index (χ2v) is 5.26. The van der Waals surface area contributed by atoms with Crippen LogP contribution in [0.1, 0.15) is 23.1 Å². The van der Waals surface area contributed by atoms with E-state index in [2.05, 4.69) is 15.0 Å². The molecule has 0 saturated carbocycles. The molecular weight excluding hydrogens is 272 g/mol. The summed E-state index contributed by atoms with van der Waals surface area (Å²) >= 11 is 0. The summed E-state index contributed by atoms with van der Waals surface area (Å²) in [4.78, 5) is 18.2. The summed E-state index contributed by atoms with van der Waals surface area (Å²) in [5, 5.41) is 0. The summed E-state index contributed by atoms with van der Waals surface area (Å²) in [5.74, 6) is 0. The van der Waals surface area contributed by atoms with E-state index in [9.17, 15) is 0 Å². The summed E-state index contributed by atoms with van der Waals surface area (Å²) in [5.41, 5.74) is 5.73. The highest BCUT2D eigenvalue weighted by atomic mass is 14.9. The van der Waals surface area contributed by atoms with Crippen LogP contribution in [0.5, 0.6) is 0 Å². The lowest BCUT2D eigenvalue weighted by Gasteiger charge is -2.13. The van der Waals surface area contributed by atoms with E-state index in [-0.39, 0.29) is 6.04 Å². The number of hydrogen-bond acceptors (Lipinski definition) is 4. The van der Waals surface area contributed by atoms with Crippen molar-refractivity contribution >= 4 is 22.8 Å². The van der Waals surface area contributed by atoms with Crippen molar-refractivity contribution in [2.75, 3.05) is 0 Å². The lowest BCUT2D eigenvalue weighted by atomic mass is 10.0. The minimum absolute atomic E-state index is 0.0819. The number of aromatic nitrogens is 3. The molecule has 4 heterocycles. The Kier molecular flexibility index (Phi) is 3.00. The fraction of sp³-hybridized carbons (Fsp3) is 0.111. The van der Waals surface area contributed by atoms with Crippen LogP contribution in [0.2, 0.25) is 0 Å². The van der Waals surface area contributed by atoms with Crippen LogP contribution in [0.4, 0.5) is 0 Å². The van der Waals surface area contributed by atoms with Crippen molar-refractivity contribution in [1.29, 1.82) is 0 Å². The zero-order chi connectivity index (χ0) is 14.9. The normalized spacial score (nSPS) is 17.0. The van der Waals surface area contributed by atoms with Gasteiger partial charge in [-0.15, -0.1) is 0 Å². The van der Waals surface area contributed by atoms with Crippen LogP contribution in [-0.2, 0) is 0 Å². The number of rotatable bonds is 2. The van der Waals surface area contributed by atoms with E-state index in [0.717, 1.165) is 33.7 Å². The average molecular weight is 286 g/mol. The zero-order valence-electron chi connectivity index (χ0n) is 12.1. The second kappa shape index (κ2) is 5.15. The van der Waals surface area contributed by atoms with Gasteiger partial charge in [0.05, 0.1) is 22.4 Å². The predicted octanol–water partition coefficient (Wildman–Crippen LogP) is 3.54. The van der Waals surface area contributed by atoms with Crippen LogP contribution in [0.3, 0.4) is 0 Å². The molecule has 3 aromatic heterocycles. The molecule has 3 aromatic rings. The molecule has 22 heavy (non-hydrogen) atoms. The topological polar surface area (TPSA) is 51.0 Å². The summed E-state index contributed by atoms with van der Waals surface area (Å²) < 4.78 is 0. The molecule has 106 valence electrons. The average Bonchev–Trinajstić information content (AvgIpc) is 3.04. The molecule has 4 rings (SSSR count). The van der Waals surface area contributed by atoms with Gasteiger partial charge in [0, 0.05) is 23.7 Å². The molecule has 1 aliphatic rings. The molecule has 0 radical (unpaired) electrons. The van der Waals surface area contributed by atoms with Crippen molar-refractivity contribution in [3.63, 3.8) is 0 Å². The smallest absolute Gasteiger partial charge is 0.119 e. The molecular formula is C18H14N4. The van der Waals surface area contributed by atoms with Crippen LogP contribution in [0.15, 0.2) is 59.7 Å². The van der Waals surface area contributed by atoms with Crippen molar-refractivity contribution in [2.24, 2.45) is 4.99 Å². The Hall–Kier alpha value is -2.88. The van der Waals surface area contributed by atoms with Crippen molar-refractivity contribution < 1.29 is 0 Å². The molecule has 0 saturated heterocycles. The van der Waals surface area contributed by atoms with E-state index in [0.29, 0.717) is 0 Å². The Labute approximate surface area is 128 Å². The van der Waals surface area contributed by atoms with Gasteiger partial charge in [-0.05, 0) is 49.4 Å². The molecule has 0 N–H and O–H groups in total. The maximum atomic E-state index is 4.72. The first-order valence-electron chi connectivity index (χ1n) is 7.20. The van der Waals surface area contributed by atoms with E-state index in [1.165, 1.54) is 0 Å². The standard InChI is InChI=1S/C18H14N4/c1-12-4-2-5-17(21-12)18-13(9-11-20-18)14-7-8-15-16(22-14)6-3-10-19-15/h2-11,18H,1H3. The molecule has 0 spiro atoms. The van der Waals surface area contributed by atoms with Crippen molar-refractivity contribution in [3.05, 3.63) is 71.8 Å². The summed E-state index contributed by atoms with van der Waals surface area (Å²) in [6.45, 7) is 1.99. The Balaban J connectivity index is 1.77. The molecule has 4 nitrogen and oxygen atoms in total.